The lowest BCUT2D eigenvalue weighted by Gasteiger charge is -2.11. The molecule has 0 radical (unpaired) electrons. The van der Waals surface area contributed by atoms with E-state index in [0.717, 1.165) is 27.3 Å². The first-order valence-electron chi connectivity index (χ1n) is 7.34. The Bertz CT molecular complexity index is 863. The fraction of sp³-hybridized carbons (Fsp3) is 0.222. The molecule has 1 unspecified atom stereocenters. The summed E-state index contributed by atoms with van der Waals surface area (Å²) in [4.78, 5) is 9.58. The van der Waals surface area contributed by atoms with Crippen molar-refractivity contribution in [3.63, 3.8) is 0 Å². The molecule has 3 aromatic rings. The molecule has 116 valence electrons. The van der Waals surface area contributed by atoms with Gasteiger partial charge in [-0.25, -0.2) is 9.97 Å². The molecule has 2 heterocycles. The van der Waals surface area contributed by atoms with Gasteiger partial charge in [0, 0.05) is 12.5 Å². The van der Waals surface area contributed by atoms with Crippen LogP contribution in [0, 0.1) is 11.8 Å². The predicted molar refractivity (Wildman–Crippen MR) is 95.0 cm³/mol. The Labute approximate surface area is 139 Å². The zero-order chi connectivity index (χ0) is 16.1. The van der Waals surface area contributed by atoms with Crippen molar-refractivity contribution < 1.29 is 4.74 Å². The van der Waals surface area contributed by atoms with Gasteiger partial charge in [0.1, 0.15) is 22.7 Å². The van der Waals surface area contributed by atoms with Gasteiger partial charge in [0.2, 0.25) is 0 Å². The molecule has 23 heavy (non-hydrogen) atoms. The van der Waals surface area contributed by atoms with Gasteiger partial charge < -0.3 is 10.1 Å². The molecule has 1 atom stereocenters. The lowest BCUT2D eigenvalue weighted by Crippen LogP contribution is -2.15. The molecule has 0 aliphatic carbocycles. The Morgan fingerprint density at radius 3 is 3.00 bits per heavy atom. The number of thiophene rings is 1. The molecule has 0 fully saturated rings. The number of aromatic nitrogens is 2. The van der Waals surface area contributed by atoms with Gasteiger partial charge in [0.05, 0.1) is 18.1 Å². The first-order chi connectivity index (χ1) is 11.3. The average molecular weight is 323 g/mol. The molecule has 0 spiro atoms. The van der Waals surface area contributed by atoms with Gasteiger partial charge in [-0.15, -0.1) is 11.3 Å². The molecule has 0 aliphatic rings. The highest BCUT2D eigenvalue weighted by Crippen LogP contribution is 2.24. The molecule has 0 bridgehead atoms. The number of rotatable bonds is 4. The topological polar surface area (TPSA) is 47.0 Å². The van der Waals surface area contributed by atoms with E-state index in [1.807, 2.05) is 35.7 Å². The zero-order valence-electron chi connectivity index (χ0n) is 13.0. The number of anilines is 1. The van der Waals surface area contributed by atoms with Crippen molar-refractivity contribution in [3.05, 3.63) is 47.6 Å². The van der Waals surface area contributed by atoms with Crippen molar-refractivity contribution in [2.75, 3.05) is 12.4 Å². The summed E-state index contributed by atoms with van der Waals surface area (Å²) in [6.07, 6.45) is 2.31. The summed E-state index contributed by atoms with van der Waals surface area (Å²) < 4.78 is 5.30. The predicted octanol–water partition coefficient (Wildman–Crippen LogP) is 3.94. The molecular weight excluding hydrogens is 306 g/mol. The van der Waals surface area contributed by atoms with Gasteiger partial charge in [0.25, 0.3) is 0 Å². The average Bonchev–Trinajstić information content (AvgIpc) is 3.05. The van der Waals surface area contributed by atoms with Gasteiger partial charge in [-0.05, 0) is 30.5 Å². The van der Waals surface area contributed by atoms with Crippen molar-refractivity contribution in [2.45, 2.75) is 19.4 Å². The van der Waals surface area contributed by atoms with Crippen molar-refractivity contribution in [1.82, 2.24) is 9.97 Å². The molecule has 0 aliphatic heterocycles. The summed E-state index contributed by atoms with van der Waals surface area (Å²) in [7, 11) is 1.66. The number of hydrogen-bond donors (Lipinski definition) is 1. The minimum absolute atomic E-state index is 0.190. The van der Waals surface area contributed by atoms with Gasteiger partial charge in [0.15, 0.2) is 0 Å². The van der Waals surface area contributed by atoms with Crippen LogP contribution in [0.5, 0.6) is 5.75 Å². The van der Waals surface area contributed by atoms with Crippen LogP contribution in [0.2, 0.25) is 0 Å². The van der Waals surface area contributed by atoms with E-state index in [1.165, 1.54) is 0 Å². The highest BCUT2D eigenvalue weighted by Gasteiger charge is 2.07. The van der Waals surface area contributed by atoms with Crippen LogP contribution in [0.3, 0.4) is 0 Å². The highest BCUT2D eigenvalue weighted by molar-refractivity contribution is 7.16. The van der Waals surface area contributed by atoms with Crippen LogP contribution in [0.15, 0.2) is 42.0 Å². The lowest BCUT2D eigenvalue weighted by atomic mass is 10.1. The van der Waals surface area contributed by atoms with Crippen LogP contribution in [-0.4, -0.2) is 23.1 Å². The monoisotopic (exact) mass is 323 g/mol. The van der Waals surface area contributed by atoms with E-state index in [9.17, 15) is 0 Å². The van der Waals surface area contributed by atoms with Crippen molar-refractivity contribution in [2.24, 2.45) is 0 Å². The van der Waals surface area contributed by atoms with Crippen LogP contribution in [0.4, 0.5) is 5.82 Å². The SMILES string of the molecule is COc1ccccc1C#CCC(C)Nc1ncnc2sccc12. The van der Waals surface area contributed by atoms with E-state index >= 15 is 0 Å². The molecule has 4 nitrogen and oxygen atoms in total. The van der Waals surface area contributed by atoms with E-state index in [2.05, 4.69) is 34.0 Å². The summed E-state index contributed by atoms with van der Waals surface area (Å²) in [5.74, 6) is 8.04. The quantitative estimate of drug-likeness (QED) is 0.739. The van der Waals surface area contributed by atoms with Crippen LogP contribution in [-0.2, 0) is 0 Å². The Morgan fingerprint density at radius 1 is 1.26 bits per heavy atom. The zero-order valence-corrected chi connectivity index (χ0v) is 13.9. The molecule has 2 aromatic heterocycles. The number of ether oxygens (including phenoxy) is 1. The summed E-state index contributed by atoms with van der Waals surface area (Å²) in [6.45, 7) is 2.09. The summed E-state index contributed by atoms with van der Waals surface area (Å²) in [5.41, 5.74) is 0.907. The third kappa shape index (κ3) is 3.61. The van der Waals surface area contributed by atoms with Crippen molar-refractivity contribution >= 4 is 27.4 Å². The number of hydrogen-bond acceptors (Lipinski definition) is 5. The lowest BCUT2D eigenvalue weighted by molar-refractivity contribution is 0.413. The Kier molecular flexibility index (Phi) is 4.74. The number of nitrogens with one attached hydrogen (secondary N) is 1. The van der Waals surface area contributed by atoms with E-state index in [1.54, 1.807) is 24.8 Å². The number of fused-ring (bicyclic) bond motifs is 1. The molecule has 0 saturated heterocycles. The molecular formula is C18H17N3OS. The third-order valence-electron chi connectivity index (χ3n) is 3.38. The van der Waals surface area contributed by atoms with Gasteiger partial charge in [-0.3, -0.25) is 0 Å². The van der Waals surface area contributed by atoms with Gasteiger partial charge in [-0.2, -0.15) is 0 Å². The number of para-hydroxylation sites is 1. The summed E-state index contributed by atoms with van der Waals surface area (Å²) in [6, 6.07) is 10.0. The number of nitrogens with zero attached hydrogens (tertiary/aromatic N) is 2. The van der Waals surface area contributed by atoms with E-state index < -0.39 is 0 Å². The Balaban J connectivity index is 1.68. The van der Waals surface area contributed by atoms with Crippen LogP contribution in [0.25, 0.3) is 10.2 Å². The standard InChI is InChI=1S/C18H17N3OS/c1-13(6-5-8-14-7-3-4-9-16(14)22-2)21-17-15-10-11-23-18(15)20-12-19-17/h3-4,7,9-13H,6H2,1-2H3,(H,19,20,21). The second kappa shape index (κ2) is 7.12. The van der Waals surface area contributed by atoms with E-state index in [-0.39, 0.29) is 6.04 Å². The maximum absolute atomic E-state index is 5.30. The first-order valence-corrected chi connectivity index (χ1v) is 8.22. The normalized spacial score (nSPS) is 11.6. The minimum atomic E-state index is 0.190. The second-order valence-electron chi connectivity index (χ2n) is 5.11. The van der Waals surface area contributed by atoms with Crippen LogP contribution < -0.4 is 10.1 Å². The van der Waals surface area contributed by atoms with Crippen LogP contribution in [0.1, 0.15) is 18.9 Å². The Hall–Kier alpha value is -2.58. The smallest absolute Gasteiger partial charge is 0.138 e. The minimum Gasteiger partial charge on any atom is -0.495 e. The molecule has 1 N–H and O–H groups in total. The molecule has 3 rings (SSSR count). The molecule has 0 amide bonds. The fourth-order valence-corrected chi connectivity index (χ4v) is 2.97. The fourth-order valence-electron chi connectivity index (χ4n) is 2.24. The molecule has 1 aromatic carbocycles. The van der Waals surface area contributed by atoms with Gasteiger partial charge in [-0.1, -0.05) is 24.0 Å². The van der Waals surface area contributed by atoms with Crippen molar-refractivity contribution in [3.8, 4) is 17.6 Å². The Morgan fingerprint density at radius 2 is 2.13 bits per heavy atom. The van der Waals surface area contributed by atoms with Gasteiger partial charge >= 0.3 is 0 Å². The molecule has 5 heteroatoms. The number of methoxy groups -OCH3 is 1. The highest BCUT2D eigenvalue weighted by atomic mass is 32.1. The van der Waals surface area contributed by atoms with Crippen molar-refractivity contribution in [1.29, 1.82) is 0 Å². The second-order valence-corrected chi connectivity index (χ2v) is 6.01. The van der Waals surface area contributed by atoms with E-state index in [0.29, 0.717) is 6.42 Å². The third-order valence-corrected chi connectivity index (χ3v) is 4.20. The largest absolute Gasteiger partial charge is 0.495 e. The maximum Gasteiger partial charge on any atom is 0.138 e. The summed E-state index contributed by atoms with van der Waals surface area (Å²) >= 11 is 1.61. The summed E-state index contributed by atoms with van der Waals surface area (Å²) in [5, 5.41) is 6.49. The van der Waals surface area contributed by atoms with E-state index in [4.69, 9.17) is 4.74 Å². The maximum atomic E-state index is 5.30. The first kappa shape index (κ1) is 15.3. The molecule has 0 saturated carbocycles. The number of benzene rings is 1. The van der Waals surface area contributed by atoms with Crippen LogP contribution >= 0.6 is 11.3 Å².